The summed E-state index contributed by atoms with van der Waals surface area (Å²) in [5.41, 5.74) is 0.821. The van der Waals surface area contributed by atoms with E-state index in [4.69, 9.17) is 21.1 Å². The van der Waals surface area contributed by atoms with E-state index in [0.717, 1.165) is 12.0 Å². The molecule has 2 rings (SSSR count). The van der Waals surface area contributed by atoms with E-state index in [2.05, 4.69) is 5.32 Å². The van der Waals surface area contributed by atoms with E-state index in [0.29, 0.717) is 17.3 Å². The van der Waals surface area contributed by atoms with E-state index in [-0.39, 0.29) is 19.1 Å². The predicted molar refractivity (Wildman–Crippen MR) is 93.7 cm³/mol. The van der Waals surface area contributed by atoms with Crippen molar-refractivity contribution in [2.24, 2.45) is 0 Å². The Balaban J connectivity index is 1.62. The maximum absolute atomic E-state index is 11.6. The lowest BCUT2D eigenvalue weighted by molar-refractivity contribution is -0.150. The highest BCUT2D eigenvalue weighted by Crippen LogP contribution is 2.21. The van der Waals surface area contributed by atoms with Crippen LogP contribution in [0.25, 0.3) is 0 Å². The average molecular weight is 368 g/mol. The second kappa shape index (κ2) is 9.30. The average Bonchev–Trinajstić information content (AvgIpc) is 3.05. The summed E-state index contributed by atoms with van der Waals surface area (Å²) in [5, 5.41) is 5.29. The van der Waals surface area contributed by atoms with Crippen molar-refractivity contribution in [2.75, 3.05) is 19.8 Å². The fourth-order valence-electron chi connectivity index (χ4n) is 1.93. The molecule has 1 N–H and O–H groups in total. The van der Waals surface area contributed by atoms with Crippen molar-refractivity contribution >= 4 is 34.8 Å². The van der Waals surface area contributed by atoms with Crippen LogP contribution in [0.1, 0.15) is 10.4 Å². The molecular formula is C17H18ClNO4S. The molecule has 0 atom stereocenters. The molecule has 0 unspecified atom stereocenters. The number of hydrogen-bond acceptors (Lipinski definition) is 5. The number of carbonyl (C=O) groups is 2. The first-order valence-electron chi connectivity index (χ1n) is 7.38. The van der Waals surface area contributed by atoms with Gasteiger partial charge in [0.25, 0.3) is 5.91 Å². The summed E-state index contributed by atoms with van der Waals surface area (Å²) in [4.78, 5) is 24.4. The van der Waals surface area contributed by atoms with Crippen LogP contribution >= 0.6 is 22.9 Å². The highest BCUT2D eigenvalue weighted by molar-refractivity contribution is 7.09. The Bertz CT molecular complexity index is 688. The number of rotatable bonds is 8. The Morgan fingerprint density at radius 2 is 2.08 bits per heavy atom. The number of nitrogens with one attached hydrogen (secondary N) is 1. The highest BCUT2D eigenvalue weighted by atomic mass is 35.5. The Kier molecular flexibility index (Phi) is 7.08. The van der Waals surface area contributed by atoms with Crippen LogP contribution in [0.15, 0.2) is 35.7 Å². The van der Waals surface area contributed by atoms with Gasteiger partial charge in [-0.25, -0.2) is 4.79 Å². The zero-order chi connectivity index (χ0) is 17.4. The van der Waals surface area contributed by atoms with E-state index >= 15 is 0 Å². The van der Waals surface area contributed by atoms with E-state index < -0.39 is 5.97 Å². The molecule has 0 aliphatic rings. The zero-order valence-electron chi connectivity index (χ0n) is 13.2. The standard InChI is InChI=1S/C17H18ClNO4S/c1-12-9-13(18)4-5-15(12)22-11-17(21)23-10-16(20)19-7-6-14-3-2-8-24-14/h2-5,8-9H,6-7,10-11H2,1H3,(H,19,20). The summed E-state index contributed by atoms with van der Waals surface area (Å²) in [5.74, 6) is -0.378. The minimum atomic E-state index is -0.599. The SMILES string of the molecule is Cc1cc(Cl)ccc1OCC(=O)OCC(=O)NCCc1cccs1. The highest BCUT2D eigenvalue weighted by Gasteiger charge is 2.09. The molecule has 0 fully saturated rings. The van der Waals surface area contributed by atoms with Crippen molar-refractivity contribution in [2.45, 2.75) is 13.3 Å². The van der Waals surface area contributed by atoms with E-state index in [1.54, 1.807) is 29.5 Å². The molecule has 0 saturated heterocycles. The number of aryl methyl sites for hydroxylation is 1. The number of carbonyl (C=O) groups excluding carboxylic acids is 2. The molecule has 0 saturated carbocycles. The monoisotopic (exact) mass is 367 g/mol. The maximum Gasteiger partial charge on any atom is 0.344 e. The minimum Gasteiger partial charge on any atom is -0.482 e. The molecule has 7 heteroatoms. The van der Waals surface area contributed by atoms with E-state index in [9.17, 15) is 9.59 Å². The number of halogens is 1. The number of amides is 1. The van der Waals surface area contributed by atoms with Gasteiger partial charge in [0.2, 0.25) is 0 Å². The second-order valence-electron chi connectivity index (χ2n) is 5.04. The summed E-state index contributed by atoms with van der Waals surface area (Å²) in [7, 11) is 0. The fourth-order valence-corrected chi connectivity index (χ4v) is 2.87. The number of ether oxygens (including phenoxy) is 2. The summed E-state index contributed by atoms with van der Waals surface area (Å²) in [6.45, 7) is 1.77. The Morgan fingerprint density at radius 3 is 2.79 bits per heavy atom. The summed E-state index contributed by atoms with van der Waals surface area (Å²) < 4.78 is 10.2. The van der Waals surface area contributed by atoms with Crippen molar-refractivity contribution in [3.63, 3.8) is 0 Å². The third-order valence-electron chi connectivity index (χ3n) is 3.12. The van der Waals surface area contributed by atoms with Gasteiger partial charge in [-0.05, 0) is 48.6 Å². The first-order chi connectivity index (χ1) is 11.5. The van der Waals surface area contributed by atoms with Gasteiger partial charge in [0.15, 0.2) is 13.2 Å². The number of hydrogen-bond donors (Lipinski definition) is 1. The maximum atomic E-state index is 11.6. The van der Waals surface area contributed by atoms with Crippen LogP contribution < -0.4 is 10.1 Å². The van der Waals surface area contributed by atoms with Crippen molar-refractivity contribution in [1.82, 2.24) is 5.32 Å². The van der Waals surface area contributed by atoms with Gasteiger partial charge >= 0.3 is 5.97 Å². The van der Waals surface area contributed by atoms with Gasteiger partial charge in [-0.2, -0.15) is 0 Å². The first-order valence-corrected chi connectivity index (χ1v) is 8.64. The van der Waals surface area contributed by atoms with Crippen LogP contribution in [0.2, 0.25) is 5.02 Å². The summed E-state index contributed by atoms with van der Waals surface area (Å²) >= 11 is 7.49. The molecule has 128 valence electrons. The van der Waals surface area contributed by atoms with Crippen molar-refractivity contribution in [1.29, 1.82) is 0 Å². The largest absolute Gasteiger partial charge is 0.482 e. The summed E-state index contributed by atoms with van der Waals surface area (Å²) in [6, 6.07) is 9.07. The fraction of sp³-hybridized carbons (Fsp3) is 0.294. The Morgan fingerprint density at radius 1 is 1.25 bits per heavy atom. The van der Waals surface area contributed by atoms with Gasteiger partial charge in [-0.1, -0.05) is 17.7 Å². The quantitative estimate of drug-likeness (QED) is 0.728. The third-order valence-corrected chi connectivity index (χ3v) is 4.29. The topological polar surface area (TPSA) is 64.6 Å². The van der Waals surface area contributed by atoms with Crippen LogP contribution in [-0.2, 0) is 20.7 Å². The minimum absolute atomic E-state index is 0.259. The second-order valence-corrected chi connectivity index (χ2v) is 6.51. The van der Waals surface area contributed by atoms with Crippen LogP contribution in [0.5, 0.6) is 5.75 Å². The van der Waals surface area contributed by atoms with Gasteiger partial charge in [-0.15, -0.1) is 11.3 Å². The molecule has 0 aliphatic carbocycles. The van der Waals surface area contributed by atoms with Gasteiger partial charge in [0.1, 0.15) is 5.75 Å². The first kappa shape index (κ1) is 18.3. The van der Waals surface area contributed by atoms with Crippen LogP contribution in [0.3, 0.4) is 0 Å². The molecule has 1 aromatic heterocycles. The Hall–Kier alpha value is -2.05. The molecule has 0 aliphatic heterocycles. The normalized spacial score (nSPS) is 10.2. The predicted octanol–water partition coefficient (Wildman–Crippen LogP) is 2.99. The number of benzene rings is 1. The van der Waals surface area contributed by atoms with Gasteiger partial charge in [0, 0.05) is 16.4 Å². The number of thiophene rings is 1. The molecule has 0 radical (unpaired) electrons. The zero-order valence-corrected chi connectivity index (χ0v) is 14.8. The number of esters is 1. The smallest absolute Gasteiger partial charge is 0.344 e. The van der Waals surface area contributed by atoms with Crippen molar-refractivity contribution in [3.05, 3.63) is 51.2 Å². The van der Waals surface area contributed by atoms with E-state index in [1.807, 2.05) is 24.4 Å². The molecule has 2 aromatic rings. The molecule has 1 amide bonds. The Labute approximate surface area is 149 Å². The lowest BCUT2D eigenvalue weighted by atomic mass is 10.2. The molecule has 0 spiro atoms. The molecule has 5 nitrogen and oxygen atoms in total. The molecule has 0 bridgehead atoms. The van der Waals surface area contributed by atoms with Crippen LogP contribution in [0, 0.1) is 6.92 Å². The molecule has 1 heterocycles. The lowest BCUT2D eigenvalue weighted by Gasteiger charge is -2.09. The van der Waals surface area contributed by atoms with Gasteiger partial charge in [0.05, 0.1) is 0 Å². The van der Waals surface area contributed by atoms with Crippen molar-refractivity contribution in [3.8, 4) is 5.75 Å². The van der Waals surface area contributed by atoms with Crippen LogP contribution in [-0.4, -0.2) is 31.6 Å². The van der Waals surface area contributed by atoms with Gasteiger partial charge in [-0.3, -0.25) is 4.79 Å². The van der Waals surface area contributed by atoms with Crippen LogP contribution in [0.4, 0.5) is 0 Å². The molecule has 1 aromatic carbocycles. The lowest BCUT2D eigenvalue weighted by Crippen LogP contribution is -2.31. The molecule has 24 heavy (non-hydrogen) atoms. The molecular weight excluding hydrogens is 350 g/mol. The van der Waals surface area contributed by atoms with E-state index in [1.165, 1.54) is 4.88 Å². The van der Waals surface area contributed by atoms with Crippen molar-refractivity contribution < 1.29 is 19.1 Å². The van der Waals surface area contributed by atoms with Gasteiger partial charge < -0.3 is 14.8 Å². The third kappa shape index (κ3) is 6.22. The summed E-state index contributed by atoms with van der Waals surface area (Å²) in [6.07, 6.45) is 0.760.